The summed E-state index contributed by atoms with van der Waals surface area (Å²) >= 11 is 3.24. The average molecular weight is 559 g/mol. The third-order valence-corrected chi connectivity index (χ3v) is 6.70. The largest absolute Gasteiger partial charge is 0.348 e. The number of rotatable bonds is 9. The Morgan fingerprint density at radius 3 is 2.56 bits per heavy atom. The van der Waals surface area contributed by atoms with Crippen molar-refractivity contribution in [2.24, 2.45) is 0 Å². The third kappa shape index (κ3) is 5.25. The number of benzene rings is 2. The van der Waals surface area contributed by atoms with Crippen LogP contribution in [0.5, 0.6) is 0 Å². The second-order valence-corrected chi connectivity index (χ2v) is 9.36. The molecule has 0 saturated heterocycles. The maximum Gasteiger partial charge on any atom is 0.262 e. The first kappa shape index (κ1) is 25.7. The standard InChI is InChI=1S/C21H18BrF3N4O4S/c1-32-20(24)12-6-7-13(21(25)33-2)17(10-12)34(30,31)28-16-5-3-4-14(18(16)23)19-15(22)11-29(27-19)9-8-26/h3-7,10-11,20-21,28H,9H2,1-2H3. The van der Waals surface area contributed by atoms with Crippen molar-refractivity contribution in [1.82, 2.24) is 9.78 Å². The van der Waals surface area contributed by atoms with Crippen molar-refractivity contribution in [3.63, 3.8) is 0 Å². The summed E-state index contributed by atoms with van der Waals surface area (Å²) in [5.41, 5.74) is -0.957. The maximum absolute atomic E-state index is 15.3. The van der Waals surface area contributed by atoms with Crippen molar-refractivity contribution >= 4 is 31.6 Å². The average Bonchev–Trinajstić information content (AvgIpc) is 3.18. The number of hydrogen-bond acceptors (Lipinski definition) is 6. The van der Waals surface area contributed by atoms with Crippen molar-refractivity contribution in [3.8, 4) is 17.3 Å². The molecule has 34 heavy (non-hydrogen) atoms. The van der Waals surface area contributed by atoms with Gasteiger partial charge < -0.3 is 9.47 Å². The molecule has 1 N–H and O–H groups in total. The molecule has 0 amide bonds. The topological polar surface area (TPSA) is 106 Å². The van der Waals surface area contributed by atoms with Gasteiger partial charge in [-0.05, 0) is 34.1 Å². The molecule has 0 aliphatic carbocycles. The summed E-state index contributed by atoms with van der Waals surface area (Å²) in [6.45, 7) is -0.0768. The fourth-order valence-corrected chi connectivity index (χ4v) is 4.95. The zero-order chi connectivity index (χ0) is 25.0. The fourth-order valence-electron chi connectivity index (χ4n) is 3.10. The number of sulfonamides is 1. The van der Waals surface area contributed by atoms with E-state index in [0.29, 0.717) is 4.47 Å². The van der Waals surface area contributed by atoms with Gasteiger partial charge in [-0.15, -0.1) is 0 Å². The number of alkyl halides is 2. The van der Waals surface area contributed by atoms with Crippen molar-refractivity contribution in [2.45, 2.75) is 24.2 Å². The summed E-state index contributed by atoms with van der Waals surface area (Å²) in [6, 6.07) is 8.92. The first-order valence-electron chi connectivity index (χ1n) is 9.52. The summed E-state index contributed by atoms with van der Waals surface area (Å²) in [6.07, 6.45) is -2.64. The molecule has 3 aromatic rings. The number of methoxy groups -OCH3 is 2. The van der Waals surface area contributed by atoms with Gasteiger partial charge in [0.25, 0.3) is 10.0 Å². The van der Waals surface area contributed by atoms with Crippen LogP contribution in [0, 0.1) is 17.1 Å². The van der Waals surface area contributed by atoms with Gasteiger partial charge in [0.05, 0.1) is 21.1 Å². The summed E-state index contributed by atoms with van der Waals surface area (Å²) < 4.78 is 82.8. The summed E-state index contributed by atoms with van der Waals surface area (Å²) in [5, 5.41) is 13.0. The second kappa shape index (κ2) is 10.6. The molecule has 2 unspecified atom stereocenters. The third-order valence-electron chi connectivity index (χ3n) is 4.70. The van der Waals surface area contributed by atoms with Gasteiger partial charge in [-0.3, -0.25) is 9.40 Å². The van der Waals surface area contributed by atoms with E-state index in [1.807, 2.05) is 6.07 Å². The van der Waals surface area contributed by atoms with E-state index in [9.17, 15) is 17.2 Å². The fraction of sp³-hybridized carbons (Fsp3) is 0.238. The van der Waals surface area contributed by atoms with E-state index in [0.717, 1.165) is 38.5 Å². The molecule has 13 heteroatoms. The van der Waals surface area contributed by atoms with Crippen LogP contribution in [-0.4, -0.2) is 32.4 Å². The maximum atomic E-state index is 15.3. The molecular formula is C21H18BrF3N4O4S. The van der Waals surface area contributed by atoms with E-state index in [-0.39, 0.29) is 23.4 Å². The lowest BCUT2D eigenvalue weighted by molar-refractivity contribution is -0.0113. The van der Waals surface area contributed by atoms with Gasteiger partial charge in [-0.2, -0.15) is 10.4 Å². The second-order valence-electron chi connectivity index (χ2n) is 6.85. The van der Waals surface area contributed by atoms with Gasteiger partial charge in [0, 0.05) is 37.1 Å². The van der Waals surface area contributed by atoms with Crippen LogP contribution < -0.4 is 4.72 Å². The summed E-state index contributed by atoms with van der Waals surface area (Å²) in [5.74, 6) is -0.963. The van der Waals surface area contributed by atoms with Gasteiger partial charge in [0.15, 0.2) is 5.82 Å². The Hall–Kier alpha value is -2.92. The monoisotopic (exact) mass is 558 g/mol. The Balaban J connectivity index is 2.07. The molecule has 3 rings (SSSR count). The molecule has 0 aliphatic rings. The Morgan fingerprint density at radius 2 is 1.91 bits per heavy atom. The molecule has 8 nitrogen and oxygen atoms in total. The van der Waals surface area contributed by atoms with Crippen LogP contribution in [0.3, 0.4) is 0 Å². The molecular weight excluding hydrogens is 541 g/mol. The van der Waals surface area contributed by atoms with Gasteiger partial charge >= 0.3 is 0 Å². The summed E-state index contributed by atoms with van der Waals surface area (Å²) in [4.78, 5) is -0.650. The van der Waals surface area contributed by atoms with Crippen molar-refractivity contribution < 1.29 is 31.1 Å². The zero-order valence-corrected chi connectivity index (χ0v) is 20.2. The first-order chi connectivity index (χ1) is 16.1. The number of hydrogen-bond donors (Lipinski definition) is 1. The van der Waals surface area contributed by atoms with Gasteiger partial charge in [-0.1, -0.05) is 18.2 Å². The highest BCUT2D eigenvalue weighted by atomic mass is 79.9. The predicted molar refractivity (Wildman–Crippen MR) is 120 cm³/mol. The Bertz CT molecular complexity index is 1340. The molecule has 1 aromatic heterocycles. The number of nitriles is 1. The molecule has 2 aromatic carbocycles. The van der Waals surface area contributed by atoms with Crippen LogP contribution >= 0.6 is 15.9 Å². The normalized spacial score (nSPS) is 13.3. The van der Waals surface area contributed by atoms with E-state index in [2.05, 4.69) is 35.2 Å². The highest BCUT2D eigenvalue weighted by Gasteiger charge is 2.27. The zero-order valence-electron chi connectivity index (χ0n) is 17.8. The lowest BCUT2D eigenvalue weighted by Crippen LogP contribution is -2.18. The van der Waals surface area contributed by atoms with E-state index in [1.54, 1.807) is 0 Å². The van der Waals surface area contributed by atoms with Gasteiger partial charge in [0.2, 0.25) is 12.7 Å². The van der Waals surface area contributed by atoms with Crippen molar-refractivity contribution in [3.05, 3.63) is 64.0 Å². The number of nitrogens with one attached hydrogen (secondary N) is 1. The van der Waals surface area contributed by atoms with Crippen LogP contribution in [0.1, 0.15) is 23.8 Å². The van der Waals surface area contributed by atoms with Crippen molar-refractivity contribution in [2.75, 3.05) is 18.9 Å². The van der Waals surface area contributed by atoms with Crippen LogP contribution in [0.4, 0.5) is 18.9 Å². The van der Waals surface area contributed by atoms with Crippen LogP contribution in [0.15, 0.2) is 52.0 Å². The molecule has 2 atom stereocenters. The minimum atomic E-state index is -4.61. The van der Waals surface area contributed by atoms with Gasteiger partial charge in [-0.25, -0.2) is 21.6 Å². The Kier molecular flexibility index (Phi) is 7.98. The number of aromatic nitrogens is 2. The quantitative estimate of drug-likeness (QED) is 0.396. The minimum absolute atomic E-state index is 0.0544. The molecule has 0 radical (unpaired) electrons. The van der Waals surface area contributed by atoms with E-state index in [4.69, 9.17) is 5.26 Å². The Morgan fingerprint density at radius 1 is 1.21 bits per heavy atom. The highest BCUT2D eigenvalue weighted by Crippen LogP contribution is 2.35. The number of ether oxygens (including phenoxy) is 2. The Labute approximate surface area is 202 Å². The molecule has 0 saturated carbocycles. The predicted octanol–water partition coefficient (Wildman–Crippen LogP) is 5.01. The smallest absolute Gasteiger partial charge is 0.262 e. The highest BCUT2D eigenvalue weighted by molar-refractivity contribution is 9.10. The van der Waals surface area contributed by atoms with E-state index in [1.165, 1.54) is 23.0 Å². The molecule has 1 heterocycles. The minimum Gasteiger partial charge on any atom is -0.348 e. The first-order valence-corrected chi connectivity index (χ1v) is 11.8. The molecule has 0 spiro atoms. The number of anilines is 1. The van der Waals surface area contributed by atoms with E-state index >= 15 is 4.39 Å². The van der Waals surface area contributed by atoms with Crippen LogP contribution in [-0.2, 0) is 26.0 Å². The molecule has 0 fully saturated rings. The van der Waals surface area contributed by atoms with Crippen molar-refractivity contribution in [1.29, 1.82) is 5.26 Å². The molecule has 0 aliphatic heterocycles. The van der Waals surface area contributed by atoms with E-state index < -0.39 is 44.7 Å². The lowest BCUT2D eigenvalue weighted by Gasteiger charge is -2.17. The summed E-state index contributed by atoms with van der Waals surface area (Å²) in [7, 11) is -2.50. The molecule has 180 valence electrons. The SMILES string of the molecule is COC(F)c1ccc(C(F)OC)c(S(=O)(=O)Nc2cccc(-c3nn(CC#N)cc3Br)c2F)c1. The number of nitrogens with zero attached hydrogens (tertiary/aromatic N) is 3. The lowest BCUT2D eigenvalue weighted by atomic mass is 10.1. The number of halogens is 4. The molecule has 0 bridgehead atoms. The van der Waals surface area contributed by atoms with Crippen LogP contribution in [0.25, 0.3) is 11.3 Å². The van der Waals surface area contributed by atoms with Gasteiger partial charge in [0.1, 0.15) is 12.2 Å². The van der Waals surface area contributed by atoms with Crippen LogP contribution in [0.2, 0.25) is 0 Å².